The van der Waals surface area contributed by atoms with Crippen molar-refractivity contribution in [1.29, 1.82) is 0 Å². The maximum absolute atomic E-state index is 13.9. The molecule has 2 amide bonds. The van der Waals surface area contributed by atoms with Gasteiger partial charge in [0.15, 0.2) is 0 Å². The normalized spacial score (nSPS) is 12.9. The minimum Gasteiger partial charge on any atom is -0.352 e. The van der Waals surface area contributed by atoms with Gasteiger partial charge in [-0.3, -0.25) is 13.9 Å². The molecular weight excluding hydrogens is 557 g/mol. The van der Waals surface area contributed by atoms with Gasteiger partial charge in [-0.2, -0.15) is 0 Å². The second-order valence-electron chi connectivity index (χ2n) is 9.45. The summed E-state index contributed by atoms with van der Waals surface area (Å²) >= 11 is 12.2. The molecule has 2 atom stereocenters. The van der Waals surface area contributed by atoms with Crippen LogP contribution < -0.4 is 9.62 Å². The number of anilines is 1. The first-order valence-corrected chi connectivity index (χ1v) is 14.8. The van der Waals surface area contributed by atoms with E-state index in [4.69, 9.17) is 23.2 Å². The molecule has 0 heterocycles. The van der Waals surface area contributed by atoms with Crippen LogP contribution in [0.25, 0.3) is 0 Å². The van der Waals surface area contributed by atoms with Crippen molar-refractivity contribution in [1.82, 2.24) is 10.2 Å². The molecule has 0 spiro atoms. The minimum absolute atomic E-state index is 0.0415. The van der Waals surface area contributed by atoms with Crippen LogP contribution in [0.2, 0.25) is 10.0 Å². The molecule has 3 rings (SSSR count). The fourth-order valence-corrected chi connectivity index (χ4v) is 5.61. The summed E-state index contributed by atoms with van der Waals surface area (Å²) in [5.41, 5.74) is 1.88. The van der Waals surface area contributed by atoms with E-state index in [1.54, 1.807) is 67.6 Å². The van der Waals surface area contributed by atoms with Crippen molar-refractivity contribution in [2.45, 2.75) is 57.6 Å². The van der Waals surface area contributed by atoms with Crippen molar-refractivity contribution in [3.05, 3.63) is 94.0 Å². The fraction of sp³-hybridized carbons (Fsp3) is 0.310. The lowest BCUT2D eigenvalue weighted by atomic mass is 10.1. The largest absolute Gasteiger partial charge is 0.352 e. The molecule has 0 aliphatic heterocycles. The summed E-state index contributed by atoms with van der Waals surface area (Å²) in [5, 5.41) is 3.82. The highest BCUT2D eigenvalue weighted by molar-refractivity contribution is 7.92. The van der Waals surface area contributed by atoms with E-state index in [0.29, 0.717) is 15.6 Å². The Morgan fingerprint density at radius 3 is 2.15 bits per heavy atom. The van der Waals surface area contributed by atoms with Crippen LogP contribution in [-0.4, -0.2) is 43.8 Å². The van der Waals surface area contributed by atoms with Crippen molar-refractivity contribution >= 4 is 50.7 Å². The lowest BCUT2D eigenvalue weighted by Gasteiger charge is -2.32. The average molecular weight is 591 g/mol. The Balaban J connectivity index is 2.02. The van der Waals surface area contributed by atoms with Crippen LogP contribution in [0.15, 0.2) is 77.7 Å². The van der Waals surface area contributed by atoms with Gasteiger partial charge in [0, 0.05) is 22.6 Å². The van der Waals surface area contributed by atoms with Crippen molar-refractivity contribution < 1.29 is 18.0 Å². The van der Waals surface area contributed by atoms with Gasteiger partial charge in [-0.25, -0.2) is 8.42 Å². The van der Waals surface area contributed by atoms with E-state index in [1.807, 2.05) is 20.8 Å². The van der Waals surface area contributed by atoms with Crippen LogP contribution in [0, 0.1) is 6.92 Å². The molecule has 0 bridgehead atoms. The number of hydrogen-bond donors (Lipinski definition) is 1. The first kappa shape index (κ1) is 30.5. The van der Waals surface area contributed by atoms with E-state index in [2.05, 4.69) is 5.32 Å². The van der Waals surface area contributed by atoms with Gasteiger partial charge in [0.05, 0.1) is 10.6 Å². The van der Waals surface area contributed by atoms with E-state index in [1.165, 1.54) is 17.0 Å². The summed E-state index contributed by atoms with van der Waals surface area (Å²) in [6, 6.07) is 18.6. The van der Waals surface area contributed by atoms with Gasteiger partial charge in [0.25, 0.3) is 10.0 Å². The van der Waals surface area contributed by atoms with Crippen molar-refractivity contribution in [2.24, 2.45) is 0 Å². The Hall–Kier alpha value is -3.07. The summed E-state index contributed by atoms with van der Waals surface area (Å²) in [7, 11) is -4.14. The predicted molar refractivity (Wildman–Crippen MR) is 157 cm³/mol. The SMILES string of the molecule is CC[C@@H](C)NC(=O)[C@H](C)N(Cc1cccc(Cl)c1)C(=O)CN(c1ccc(Cl)cc1)S(=O)(=O)c1ccc(C)cc1. The zero-order chi connectivity index (χ0) is 28.7. The van der Waals surface area contributed by atoms with Gasteiger partial charge in [0.2, 0.25) is 11.8 Å². The fourth-order valence-electron chi connectivity index (χ4n) is 3.85. The third-order valence-electron chi connectivity index (χ3n) is 6.41. The summed E-state index contributed by atoms with van der Waals surface area (Å²) in [5.74, 6) is -0.883. The second-order valence-corrected chi connectivity index (χ2v) is 12.2. The molecule has 0 aromatic heterocycles. The molecule has 10 heteroatoms. The van der Waals surface area contributed by atoms with Crippen molar-refractivity contribution in [3.63, 3.8) is 0 Å². The number of rotatable bonds is 11. The molecule has 1 N–H and O–H groups in total. The molecule has 0 saturated carbocycles. The Morgan fingerprint density at radius 1 is 0.923 bits per heavy atom. The van der Waals surface area contributed by atoms with Gasteiger partial charge in [0.1, 0.15) is 12.6 Å². The smallest absolute Gasteiger partial charge is 0.264 e. The van der Waals surface area contributed by atoms with E-state index >= 15 is 0 Å². The number of nitrogens with one attached hydrogen (secondary N) is 1. The molecule has 0 aliphatic carbocycles. The van der Waals surface area contributed by atoms with Gasteiger partial charge in [-0.1, -0.05) is 60.0 Å². The number of carbonyl (C=O) groups excluding carboxylic acids is 2. The molecule has 0 unspecified atom stereocenters. The van der Waals surface area contributed by atoms with E-state index in [-0.39, 0.29) is 29.1 Å². The number of amides is 2. The number of aryl methyl sites for hydroxylation is 1. The lowest BCUT2D eigenvalue weighted by molar-refractivity contribution is -0.139. The minimum atomic E-state index is -4.14. The molecule has 0 radical (unpaired) electrons. The Labute approximate surface area is 240 Å². The van der Waals surface area contributed by atoms with Gasteiger partial charge >= 0.3 is 0 Å². The van der Waals surface area contributed by atoms with Crippen molar-refractivity contribution in [3.8, 4) is 0 Å². The first-order valence-electron chi connectivity index (χ1n) is 12.6. The number of benzene rings is 3. The Kier molecular flexibility index (Phi) is 10.4. The molecular formula is C29H33Cl2N3O4S. The van der Waals surface area contributed by atoms with Crippen LogP contribution in [0.5, 0.6) is 0 Å². The average Bonchev–Trinajstić information content (AvgIpc) is 2.90. The maximum atomic E-state index is 13.9. The lowest BCUT2D eigenvalue weighted by Crippen LogP contribution is -2.52. The molecule has 3 aromatic rings. The number of halogens is 2. The standard InChI is InChI=1S/C29H33Cl2N3O4S/c1-5-21(3)32-29(36)22(4)33(18-23-7-6-8-25(31)17-23)28(35)19-34(26-13-11-24(30)12-14-26)39(37,38)27-15-9-20(2)10-16-27/h6-17,21-22H,5,18-19H2,1-4H3,(H,32,36)/t21-,22+/m1/s1. The number of hydrogen-bond acceptors (Lipinski definition) is 4. The zero-order valence-electron chi connectivity index (χ0n) is 22.4. The van der Waals surface area contributed by atoms with Crippen LogP contribution in [-0.2, 0) is 26.2 Å². The third kappa shape index (κ3) is 7.97. The molecule has 3 aromatic carbocycles. The number of nitrogens with zero attached hydrogens (tertiary/aromatic N) is 2. The Bertz CT molecular complexity index is 1400. The third-order valence-corrected chi connectivity index (χ3v) is 8.69. The van der Waals surface area contributed by atoms with Gasteiger partial charge in [-0.15, -0.1) is 0 Å². The van der Waals surface area contributed by atoms with Gasteiger partial charge in [-0.05, 0) is 81.3 Å². The van der Waals surface area contributed by atoms with Crippen LogP contribution in [0.1, 0.15) is 38.3 Å². The number of carbonyl (C=O) groups is 2. The predicted octanol–water partition coefficient (Wildman–Crippen LogP) is 5.83. The van der Waals surface area contributed by atoms with E-state index in [0.717, 1.165) is 16.3 Å². The summed E-state index contributed by atoms with van der Waals surface area (Å²) < 4.78 is 28.6. The van der Waals surface area contributed by atoms with Crippen LogP contribution in [0.4, 0.5) is 5.69 Å². The highest BCUT2D eigenvalue weighted by atomic mass is 35.5. The van der Waals surface area contributed by atoms with E-state index < -0.39 is 28.5 Å². The maximum Gasteiger partial charge on any atom is 0.264 e. The molecule has 0 aliphatic rings. The van der Waals surface area contributed by atoms with Crippen LogP contribution in [0.3, 0.4) is 0 Å². The summed E-state index contributed by atoms with van der Waals surface area (Å²) in [6.45, 7) is 6.85. The molecule has 7 nitrogen and oxygen atoms in total. The molecule has 0 saturated heterocycles. The number of sulfonamides is 1. The topological polar surface area (TPSA) is 86.8 Å². The molecule has 208 valence electrons. The highest BCUT2D eigenvalue weighted by Crippen LogP contribution is 2.26. The summed E-state index contributed by atoms with van der Waals surface area (Å²) in [4.78, 5) is 28.4. The van der Waals surface area contributed by atoms with Crippen LogP contribution >= 0.6 is 23.2 Å². The monoisotopic (exact) mass is 589 g/mol. The van der Waals surface area contributed by atoms with E-state index in [9.17, 15) is 18.0 Å². The van der Waals surface area contributed by atoms with Gasteiger partial charge < -0.3 is 10.2 Å². The highest BCUT2D eigenvalue weighted by Gasteiger charge is 2.32. The second kappa shape index (κ2) is 13.3. The first-order chi connectivity index (χ1) is 18.4. The zero-order valence-corrected chi connectivity index (χ0v) is 24.7. The quantitative estimate of drug-likeness (QED) is 0.305. The molecule has 0 fully saturated rings. The van der Waals surface area contributed by atoms with Crippen molar-refractivity contribution in [2.75, 3.05) is 10.8 Å². The Morgan fingerprint density at radius 2 is 1.56 bits per heavy atom. The molecule has 39 heavy (non-hydrogen) atoms. The summed E-state index contributed by atoms with van der Waals surface area (Å²) in [6.07, 6.45) is 0.722.